The third-order valence-electron chi connectivity index (χ3n) is 3.26. The van der Waals surface area contributed by atoms with Gasteiger partial charge in [-0.15, -0.1) is 0 Å². The molecule has 4 nitrogen and oxygen atoms in total. The number of carbonyl (C=O) groups excluding carboxylic acids is 1. The van der Waals surface area contributed by atoms with E-state index in [1.165, 1.54) is 25.3 Å². The maximum absolute atomic E-state index is 13.5. The molecule has 0 saturated carbocycles. The van der Waals surface area contributed by atoms with Crippen LogP contribution in [-0.4, -0.2) is 26.2 Å². The van der Waals surface area contributed by atoms with E-state index < -0.39 is 5.82 Å². The Morgan fingerprint density at radius 2 is 2.08 bits per heavy atom. The molecule has 2 aromatic carbocycles. The number of ether oxygens (including phenoxy) is 2. The minimum atomic E-state index is -0.466. The van der Waals surface area contributed by atoms with Crippen LogP contribution in [0.2, 0.25) is 0 Å². The van der Waals surface area contributed by atoms with Gasteiger partial charge >= 0.3 is 0 Å². The monoisotopic (exact) mass is 329 g/mol. The predicted molar refractivity (Wildman–Crippen MR) is 91.7 cm³/mol. The van der Waals surface area contributed by atoms with Crippen molar-refractivity contribution in [1.29, 1.82) is 0 Å². The summed E-state index contributed by atoms with van der Waals surface area (Å²) in [5.74, 6) is 0.212. The smallest absolute Gasteiger partial charge is 0.244 e. The highest BCUT2D eigenvalue weighted by molar-refractivity contribution is 5.91. The van der Waals surface area contributed by atoms with Gasteiger partial charge in [0, 0.05) is 6.08 Å². The van der Waals surface area contributed by atoms with Crippen LogP contribution in [0.4, 0.5) is 4.39 Å². The first-order valence-electron chi connectivity index (χ1n) is 7.57. The van der Waals surface area contributed by atoms with Crippen molar-refractivity contribution in [3.63, 3.8) is 0 Å². The number of rotatable bonds is 7. The van der Waals surface area contributed by atoms with Crippen LogP contribution in [0.25, 0.3) is 6.08 Å². The molecule has 0 aromatic heterocycles. The van der Waals surface area contributed by atoms with Gasteiger partial charge in [0.2, 0.25) is 5.91 Å². The van der Waals surface area contributed by atoms with Crippen LogP contribution < -0.4 is 14.8 Å². The summed E-state index contributed by atoms with van der Waals surface area (Å²) in [5.41, 5.74) is 1.70. The van der Waals surface area contributed by atoms with E-state index >= 15 is 0 Å². The van der Waals surface area contributed by atoms with Crippen molar-refractivity contribution in [2.75, 3.05) is 20.3 Å². The zero-order valence-electron chi connectivity index (χ0n) is 13.7. The van der Waals surface area contributed by atoms with Gasteiger partial charge in [-0.1, -0.05) is 18.2 Å². The Morgan fingerprint density at radius 3 is 2.79 bits per heavy atom. The van der Waals surface area contributed by atoms with Gasteiger partial charge in [-0.25, -0.2) is 4.39 Å². The molecule has 0 spiro atoms. The molecule has 5 heteroatoms. The van der Waals surface area contributed by atoms with Gasteiger partial charge in [0.05, 0.1) is 13.7 Å². The van der Waals surface area contributed by atoms with Crippen molar-refractivity contribution in [2.45, 2.75) is 6.92 Å². The van der Waals surface area contributed by atoms with Crippen molar-refractivity contribution >= 4 is 12.0 Å². The number of benzene rings is 2. The average Bonchev–Trinajstić information content (AvgIpc) is 2.57. The van der Waals surface area contributed by atoms with E-state index in [2.05, 4.69) is 5.32 Å². The van der Waals surface area contributed by atoms with Crippen LogP contribution >= 0.6 is 0 Å². The first-order valence-corrected chi connectivity index (χ1v) is 7.57. The van der Waals surface area contributed by atoms with Gasteiger partial charge in [0.15, 0.2) is 11.6 Å². The fourth-order valence-corrected chi connectivity index (χ4v) is 2.07. The molecule has 0 heterocycles. The number of aryl methyl sites for hydroxylation is 1. The fraction of sp³-hybridized carbons (Fsp3) is 0.211. The van der Waals surface area contributed by atoms with Crippen molar-refractivity contribution < 1.29 is 18.7 Å². The van der Waals surface area contributed by atoms with Gasteiger partial charge in [-0.2, -0.15) is 0 Å². The number of hydrogen-bond acceptors (Lipinski definition) is 3. The number of halogens is 1. The normalized spacial score (nSPS) is 10.6. The topological polar surface area (TPSA) is 47.6 Å². The van der Waals surface area contributed by atoms with Crippen LogP contribution in [0, 0.1) is 12.7 Å². The van der Waals surface area contributed by atoms with E-state index in [9.17, 15) is 9.18 Å². The van der Waals surface area contributed by atoms with Gasteiger partial charge < -0.3 is 14.8 Å². The van der Waals surface area contributed by atoms with Crippen molar-refractivity contribution in [3.8, 4) is 11.5 Å². The largest absolute Gasteiger partial charge is 0.494 e. The van der Waals surface area contributed by atoms with Crippen LogP contribution in [0.3, 0.4) is 0 Å². The van der Waals surface area contributed by atoms with E-state index in [4.69, 9.17) is 9.47 Å². The van der Waals surface area contributed by atoms with Gasteiger partial charge in [-0.05, 0) is 48.4 Å². The number of nitrogens with one attached hydrogen (secondary N) is 1. The summed E-state index contributed by atoms with van der Waals surface area (Å²) in [6.07, 6.45) is 2.90. The van der Waals surface area contributed by atoms with E-state index in [1.807, 2.05) is 31.2 Å². The SMILES string of the molecule is COc1ccc(/C=C/C(=O)NCCOc2cccc(C)c2)cc1F. The summed E-state index contributed by atoms with van der Waals surface area (Å²) in [7, 11) is 1.40. The number of amides is 1. The van der Waals surface area contributed by atoms with Crippen molar-refractivity contribution in [2.24, 2.45) is 0 Å². The Bertz CT molecular complexity index is 728. The molecular formula is C19H20FNO3. The quantitative estimate of drug-likeness (QED) is 0.626. The number of carbonyl (C=O) groups is 1. The lowest BCUT2D eigenvalue weighted by Crippen LogP contribution is -2.26. The summed E-state index contributed by atoms with van der Waals surface area (Å²) >= 11 is 0. The molecule has 0 radical (unpaired) electrons. The molecule has 0 aliphatic rings. The van der Waals surface area contributed by atoms with E-state index in [-0.39, 0.29) is 11.7 Å². The standard InChI is InChI=1S/C19H20FNO3/c1-14-4-3-5-16(12-14)24-11-10-21-19(22)9-7-15-6-8-18(23-2)17(20)13-15/h3-9,12-13H,10-11H2,1-2H3,(H,21,22)/b9-7+. The van der Waals surface area contributed by atoms with Crippen LogP contribution in [0.15, 0.2) is 48.5 Å². The van der Waals surface area contributed by atoms with Gasteiger partial charge in [0.1, 0.15) is 12.4 Å². The van der Waals surface area contributed by atoms with Crippen molar-refractivity contribution in [3.05, 3.63) is 65.5 Å². The molecule has 0 fully saturated rings. The lowest BCUT2D eigenvalue weighted by Gasteiger charge is -2.07. The maximum atomic E-state index is 13.5. The second kappa shape index (κ2) is 8.72. The third-order valence-corrected chi connectivity index (χ3v) is 3.26. The zero-order valence-corrected chi connectivity index (χ0v) is 13.7. The van der Waals surface area contributed by atoms with Crippen LogP contribution in [-0.2, 0) is 4.79 Å². The summed E-state index contributed by atoms with van der Waals surface area (Å²) in [4.78, 5) is 11.7. The Kier molecular flexibility index (Phi) is 6.37. The fourth-order valence-electron chi connectivity index (χ4n) is 2.07. The molecule has 0 bridgehead atoms. The second-order valence-electron chi connectivity index (χ2n) is 5.18. The minimum absolute atomic E-state index is 0.171. The van der Waals surface area contributed by atoms with E-state index in [0.29, 0.717) is 18.7 Å². The summed E-state index contributed by atoms with van der Waals surface area (Å²) in [6.45, 7) is 2.75. The summed E-state index contributed by atoms with van der Waals surface area (Å²) < 4.78 is 23.9. The van der Waals surface area contributed by atoms with E-state index in [1.54, 1.807) is 12.1 Å². The first-order chi connectivity index (χ1) is 11.6. The van der Waals surface area contributed by atoms with Crippen molar-refractivity contribution in [1.82, 2.24) is 5.32 Å². The van der Waals surface area contributed by atoms with Crippen LogP contribution in [0.5, 0.6) is 11.5 Å². The molecule has 2 rings (SSSR count). The highest BCUT2D eigenvalue weighted by Crippen LogP contribution is 2.18. The number of hydrogen-bond donors (Lipinski definition) is 1. The maximum Gasteiger partial charge on any atom is 0.244 e. The highest BCUT2D eigenvalue weighted by Gasteiger charge is 2.02. The second-order valence-corrected chi connectivity index (χ2v) is 5.18. The molecule has 0 saturated heterocycles. The zero-order chi connectivity index (χ0) is 17.4. The Morgan fingerprint density at radius 1 is 1.25 bits per heavy atom. The molecule has 1 amide bonds. The summed E-state index contributed by atoms with van der Waals surface area (Å²) in [5, 5.41) is 2.71. The average molecular weight is 329 g/mol. The molecule has 24 heavy (non-hydrogen) atoms. The molecular weight excluding hydrogens is 309 g/mol. The third kappa shape index (κ3) is 5.43. The predicted octanol–water partition coefficient (Wildman–Crippen LogP) is 3.35. The molecule has 0 atom stereocenters. The molecule has 0 aliphatic heterocycles. The lowest BCUT2D eigenvalue weighted by atomic mass is 10.2. The molecule has 1 N–H and O–H groups in total. The molecule has 0 aliphatic carbocycles. The van der Waals surface area contributed by atoms with Crippen LogP contribution in [0.1, 0.15) is 11.1 Å². The Balaban J connectivity index is 1.75. The Labute approximate surface area is 140 Å². The minimum Gasteiger partial charge on any atom is -0.494 e. The lowest BCUT2D eigenvalue weighted by molar-refractivity contribution is -0.116. The molecule has 126 valence electrons. The van der Waals surface area contributed by atoms with E-state index in [0.717, 1.165) is 11.3 Å². The van der Waals surface area contributed by atoms with Gasteiger partial charge in [-0.3, -0.25) is 4.79 Å². The van der Waals surface area contributed by atoms with Gasteiger partial charge in [0.25, 0.3) is 0 Å². The number of methoxy groups -OCH3 is 1. The Hall–Kier alpha value is -2.82. The summed E-state index contributed by atoms with van der Waals surface area (Å²) in [6, 6.07) is 12.2. The highest BCUT2D eigenvalue weighted by atomic mass is 19.1. The first kappa shape index (κ1) is 17.5. The molecule has 2 aromatic rings. The molecule has 0 unspecified atom stereocenters.